The van der Waals surface area contributed by atoms with Gasteiger partial charge in [-0.1, -0.05) is 29.8 Å². The van der Waals surface area contributed by atoms with Gasteiger partial charge in [0.25, 0.3) is 0 Å². The van der Waals surface area contributed by atoms with Crippen LogP contribution in [0.15, 0.2) is 24.3 Å². The molecule has 1 aliphatic heterocycles. The number of benzene rings is 1. The topological polar surface area (TPSA) is 41.6 Å². The normalized spacial score (nSPS) is 18.6. The van der Waals surface area contributed by atoms with Gasteiger partial charge in [-0.15, -0.1) is 0 Å². The Labute approximate surface area is 114 Å². The molecule has 0 saturated carbocycles. The van der Waals surface area contributed by atoms with E-state index in [0.717, 1.165) is 38.2 Å². The molecular formula is C15H22N2O2. The van der Waals surface area contributed by atoms with E-state index in [0.29, 0.717) is 0 Å². The number of ether oxygens (including phenoxy) is 1. The second-order valence-corrected chi connectivity index (χ2v) is 4.98. The van der Waals surface area contributed by atoms with Crippen molar-refractivity contribution in [3.8, 4) is 0 Å². The number of rotatable bonds is 3. The lowest BCUT2D eigenvalue weighted by molar-refractivity contribution is -0.147. The van der Waals surface area contributed by atoms with Crippen molar-refractivity contribution in [3.05, 3.63) is 35.4 Å². The molecule has 104 valence electrons. The van der Waals surface area contributed by atoms with Crippen LogP contribution in [0.5, 0.6) is 0 Å². The smallest absolute Gasteiger partial charge is 0.327 e. The molecule has 0 spiro atoms. The van der Waals surface area contributed by atoms with Gasteiger partial charge in [0, 0.05) is 19.6 Å². The van der Waals surface area contributed by atoms with Crippen molar-refractivity contribution in [2.75, 3.05) is 33.3 Å². The molecule has 0 bridgehead atoms. The molecule has 4 nitrogen and oxygen atoms in total. The Bertz CT molecular complexity index is 409. The predicted molar refractivity (Wildman–Crippen MR) is 75.0 cm³/mol. The highest BCUT2D eigenvalue weighted by Gasteiger charge is 2.28. The van der Waals surface area contributed by atoms with Crippen molar-refractivity contribution in [1.29, 1.82) is 0 Å². The molecule has 0 aromatic heterocycles. The maximum absolute atomic E-state index is 12.1. The maximum Gasteiger partial charge on any atom is 0.327 e. The summed E-state index contributed by atoms with van der Waals surface area (Å²) in [6, 6.07) is 7.85. The third-order valence-corrected chi connectivity index (χ3v) is 3.56. The van der Waals surface area contributed by atoms with Crippen molar-refractivity contribution in [1.82, 2.24) is 10.2 Å². The molecule has 1 unspecified atom stereocenters. The van der Waals surface area contributed by atoms with Gasteiger partial charge in [-0.2, -0.15) is 0 Å². The Morgan fingerprint density at radius 2 is 2.00 bits per heavy atom. The average molecular weight is 262 g/mol. The van der Waals surface area contributed by atoms with Crippen LogP contribution in [0.3, 0.4) is 0 Å². The van der Waals surface area contributed by atoms with E-state index in [4.69, 9.17) is 4.74 Å². The van der Waals surface area contributed by atoms with Crippen molar-refractivity contribution in [2.24, 2.45) is 0 Å². The van der Waals surface area contributed by atoms with Crippen LogP contribution in [0.2, 0.25) is 0 Å². The minimum Gasteiger partial charge on any atom is -0.468 e. The van der Waals surface area contributed by atoms with Gasteiger partial charge in [-0.3, -0.25) is 4.90 Å². The first-order valence-corrected chi connectivity index (χ1v) is 6.81. The van der Waals surface area contributed by atoms with E-state index in [1.54, 1.807) is 0 Å². The Morgan fingerprint density at radius 3 is 2.68 bits per heavy atom. The number of nitrogens with zero attached hydrogens (tertiary/aromatic N) is 1. The van der Waals surface area contributed by atoms with Crippen molar-refractivity contribution < 1.29 is 9.53 Å². The fourth-order valence-corrected chi connectivity index (χ4v) is 2.48. The third-order valence-electron chi connectivity index (χ3n) is 3.56. The number of esters is 1. The largest absolute Gasteiger partial charge is 0.468 e. The molecule has 1 N–H and O–H groups in total. The zero-order valence-electron chi connectivity index (χ0n) is 11.7. The van der Waals surface area contributed by atoms with Crippen molar-refractivity contribution in [2.45, 2.75) is 19.4 Å². The van der Waals surface area contributed by atoms with E-state index < -0.39 is 0 Å². The SMILES string of the molecule is COC(=O)C(c1ccc(C)cc1)N1CCCNCC1. The molecule has 0 amide bonds. The van der Waals surface area contributed by atoms with E-state index in [9.17, 15) is 4.79 Å². The number of aryl methyl sites for hydroxylation is 1. The van der Waals surface area contributed by atoms with E-state index in [-0.39, 0.29) is 12.0 Å². The van der Waals surface area contributed by atoms with Gasteiger partial charge in [0.15, 0.2) is 0 Å². The molecule has 4 heteroatoms. The summed E-state index contributed by atoms with van der Waals surface area (Å²) in [7, 11) is 1.46. The van der Waals surface area contributed by atoms with Gasteiger partial charge in [0.05, 0.1) is 7.11 Å². The number of carbonyl (C=O) groups excluding carboxylic acids is 1. The Morgan fingerprint density at radius 1 is 1.26 bits per heavy atom. The molecule has 19 heavy (non-hydrogen) atoms. The van der Waals surface area contributed by atoms with E-state index in [1.165, 1.54) is 12.7 Å². The van der Waals surface area contributed by atoms with Gasteiger partial charge in [-0.25, -0.2) is 4.79 Å². The summed E-state index contributed by atoms with van der Waals surface area (Å²) in [5.41, 5.74) is 2.21. The van der Waals surface area contributed by atoms with Crippen LogP contribution in [-0.2, 0) is 9.53 Å². The Hall–Kier alpha value is -1.39. The molecule has 2 rings (SSSR count). The summed E-state index contributed by atoms with van der Waals surface area (Å²) < 4.78 is 4.99. The fourth-order valence-electron chi connectivity index (χ4n) is 2.48. The molecule has 1 aliphatic rings. The van der Waals surface area contributed by atoms with Crippen LogP contribution in [0.4, 0.5) is 0 Å². The van der Waals surface area contributed by atoms with Gasteiger partial charge in [0.1, 0.15) is 6.04 Å². The average Bonchev–Trinajstić information content (AvgIpc) is 2.70. The highest BCUT2D eigenvalue weighted by molar-refractivity contribution is 5.77. The lowest BCUT2D eigenvalue weighted by Crippen LogP contribution is -2.37. The van der Waals surface area contributed by atoms with Gasteiger partial charge in [0.2, 0.25) is 0 Å². The van der Waals surface area contributed by atoms with Crippen LogP contribution in [-0.4, -0.2) is 44.2 Å². The minimum absolute atomic E-state index is 0.175. The first kappa shape index (κ1) is 14.0. The van der Waals surface area contributed by atoms with E-state index in [2.05, 4.69) is 10.2 Å². The van der Waals surface area contributed by atoms with Gasteiger partial charge in [-0.05, 0) is 25.5 Å². The third kappa shape index (κ3) is 3.55. The van der Waals surface area contributed by atoms with Crippen molar-refractivity contribution >= 4 is 5.97 Å². The van der Waals surface area contributed by atoms with Crippen LogP contribution in [0.25, 0.3) is 0 Å². The second kappa shape index (κ2) is 6.68. The summed E-state index contributed by atoms with van der Waals surface area (Å²) in [5, 5.41) is 3.36. The zero-order chi connectivity index (χ0) is 13.7. The van der Waals surface area contributed by atoms with E-state index in [1.807, 2.05) is 31.2 Å². The number of methoxy groups -OCH3 is 1. The van der Waals surface area contributed by atoms with Crippen molar-refractivity contribution in [3.63, 3.8) is 0 Å². The molecular weight excluding hydrogens is 240 g/mol. The predicted octanol–water partition coefficient (Wildman–Crippen LogP) is 1.50. The molecule has 1 aromatic rings. The number of nitrogens with one attached hydrogen (secondary N) is 1. The lowest BCUT2D eigenvalue weighted by atomic mass is 10.0. The first-order chi connectivity index (χ1) is 9.22. The molecule has 0 aliphatic carbocycles. The number of hydrogen-bond acceptors (Lipinski definition) is 4. The molecule has 1 heterocycles. The highest BCUT2D eigenvalue weighted by Crippen LogP contribution is 2.23. The second-order valence-electron chi connectivity index (χ2n) is 4.98. The summed E-state index contributed by atoms with van der Waals surface area (Å²) in [5.74, 6) is -0.175. The minimum atomic E-state index is -0.287. The fraction of sp³-hybridized carbons (Fsp3) is 0.533. The summed E-state index contributed by atoms with van der Waals surface area (Å²) in [6.45, 7) is 5.76. The quantitative estimate of drug-likeness (QED) is 0.838. The van der Waals surface area contributed by atoms with Gasteiger partial charge >= 0.3 is 5.97 Å². The Kier molecular flexibility index (Phi) is 4.93. The van der Waals surface area contributed by atoms with Crippen LogP contribution in [0.1, 0.15) is 23.6 Å². The standard InChI is InChI=1S/C15H22N2O2/c1-12-4-6-13(7-5-12)14(15(18)19-2)17-10-3-8-16-9-11-17/h4-7,14,16H,3,8-11H2,1-2H3. The molecule has 1 aromatic carbocycles. The summed E-state index contributed by atoms with van der Waals surface area (Å²) in [6.07, 6.45) is 1.05. The molecule has 0 radical (unpaired) electrons. The summed E-state index contributed by atoms with van der Waals surface area (Å²) in [4.78, 5) is 14.3. The zero-order valence-corrected chi connectivity index (χ0v) is 11.7. The van der Waals surface area contributed by atoms with E-state index >= 15 is 0 Å². The molecule has 1 saturated heterocycles. The monoisotopic (exact) mass is 262 g/mol. The lowest BCUT2D eigenvalue weighted by Gasteiger charge is -2.28. The first-order valence-electron chi connectivity index (χ1n) is 6.81. The van der Waals surface area contributed by atoms with Crippen LogP contribution in [0, 0.1) is 6.92 Å². The molecule has 1 atom stereocenters. The highest BCUT2D eigenvalue weighted by atomic mass is 16.5. The molecule has 1 fully saturated rings. The maximum atomic E-state index is 12.1. The summed E-state index contributed by atoms with van der Waals surface area (Å²) >= 11 is 0. The Balaban J connectivity index is 2.24. The van der Waals surface area contributed by atoms with Gasteiger partial charge < -0.3 is 10.1 Å². The van der Waals surface area contributed by atoms with Crippen LogP contribution >= 0.6 is 0 Å². The van der Waals surface area contributed by atoms with Crippen LogP contribution < -0.4 is 5.32 Å². The number of carbonyl (C=O) groups is 1. The number of hydrogen-bond donors (Lipinski definition) is 1.